The average Bonchev–Trinajstić information content (AvgIpc) is 3.47. The van der Waals surface area contributed by atoms with Crippen molar-refractivity contribution in [3.05, 3.63) is 0 Å². The number of nitrogens with one attached hydrogen (secondary N) is 1. The van der Waals surface area contributed by atoms with Crippen LogP contribution in [0, 0.1) is 0 Å². The summed E-state index contributed by atoms with van der Waals surface area (Å²) in [4.78, 5) is 24.6. The number of carbonyl (C=O) groups excluding carboxylic acids is 2. The van der Waals surface area contributed by atoms with Crippen LogP contribution in [-0.4, -0.2) is 47.4 Å². The highest BCUT2D eigenvalue weighted by Gasteiger charge is 2.20. The molecule has 0 aliphatic heterocycles. The fraction of sp³-hybridized carbons (Fsp3) is 0.973. The largest absolute Gasteiger partial charge is 0.466 e. The van der Waals surface area contributed by atoms with Gasteiger partial charge in [-0.3, -0.25) is 9.59 Å². The standard InChI is InChI=1S/C75H149NO5/c1-3-5-7-9-11-13-15-17-19-20-21-22-28-31-34-37-40-43-47-51-55-59-63-67-73(78)72(71-77)76-74(79)68-64-60-56-52-48-44-41-38-35-32-29-26-24-23-25-27-30-33-36-39-42-46-50-54-58-62-66-70-81-75(80)69-65-61-57-53-49-45-18-16-14-12-10-8-6-4-2/h72-73,77-78H,3-71H2,1-2H3,(H,76,79). The normalized spacial score (nSPS) is 12.4. The quantitative estimate of drug-likeness (QED) is 0.0417. The smallest absolute Gasteiger partial charge is 0.305 e. The summed E-state index contributed by atoms with van der Waals surface area (Å²) in [6.07, 6.45) is 87.4. The lowest BCUT2D eigenvalue weighted by atomic mass is 10.0. The third-order valence-electron chi connectivity index (χ3n) is 18.2. The average molecular weight is 1150 g/mol. The van der Waals surface area contributed by atoms with Crippen molar-refractivity contribution in [2.24, 2.45) is 0 Å². The van der Waals surface area contributed by atoms with E-state index in [1.807, 2.05) is 0 Å². The minimum Gasteiger partial charge on any atom is -0.466 e. The van der Waals surface area contributed by atoms with Crippen molar-refractivity contribution in [3.8, 4) is 0 Å². The fourth-order valence-corrected chi connectivity index (χ4v) is 12.4. The van der Waals surface area contributed by atoms with Gasteiger partial charge in [-0.1, -0.05) is 406 Å². The first-order chi connectivity index (χ1) is 40.0. The third kappa shape index (κ3) is 67.9. The molecule has 0 saturated heterocycles. The molecule has 0 bridgehead atoms. The molecule has 0 aromatic rings. The van der Waals surface area contributed by atoms with Crippen LogP contribution < -0.4 is 5.32 Å². The van der Waals surface area contributed by atoms with Crippen LogP contribution in [0.3, 0.4) is 0 Å². The van der Waals surface area contributed by atoms with Crippen molar-refractivity contribution < 1.29 is 24.5 Å². The van der Waals surface area contributed by atoms with Crippen molar-refractivity contribution >= 4 is 11.9 Å². The van der Waals surface area contributed by atoms with Gasteiger partial charge in [0.05, 0.1) is 25.4 Å². The molecule has 0 aromatic carbocycles. The lowest BCUT2D eigenvalue weighted by Crippen LogP contribution is -2.45. The molecular formula is C75H149NO5. The Kier molecular flexibility index (Phi) is 70.3. The van der Waals surface area contributed by atoms with Gasteiger partial charge >= 0.3 is 5.97 Å². The highest BCUT2D eigenvalue weighted by molar-refractivity contribution is 5.76. The molecule has 0 aliphatic carbocycles. The van der Waals surface area contributed by atoms with Gasteiger partial charge in [-0.25, -0.2) is 0 Å². The lowest BCUT2D eigenvalue weighted by Gasteiger charge is -2.22. The topological polar surface area (TPSA) is 95.9 Å². The highest BCUT2D eigenvalue weighted by Crippen LogP contribution is 2.20. The molecule has 3 N–H and O–H groups in total. The molecule has 2 atom stereocenters. The summed E-state index contributed by atoms with van der Waals surface area (Å²) >= 11 is 0. The molecule has 484 valence electrons. The Morgan fingerprint density at radius 1 is 0.296 bits per heavy atom. The minimum atomic E-state index is -0.663. The first-order valence-corrected chi connectivity index (χ1v) is 37.8. The molecule has 0 fully saturated rings. The summed E-state index contributed by atoms with van der Waals surface area (Å²) in [5, 5.41) is 23.5. The molecule has 81 heavy (non-hydrogen) atoms. The van der Waals surface area contributed by atoms with E-state index in [1.165, 1.54) is 372 Å². The molecule has 0 rings (SSSR count). The van der Waals surface area contributed by atoms with Gasteiger partial charge in [-0.15, -0.1) is 0 Å². The van der Waals surface area contributed by atoms with Gasteiger partial charge in [0.15, 0.2) is 0 Å². The summed E-state index contributed by atoms with van der Waals surface area (Å²) in [6, 6.07) is -0.539. The number of rotatable bonds is 72. The molecule has 6 nitrogen and oxygen atoms in total. The predicted molar refractivity (Wildman–Crippen MR) is 357 cm³/mol. The van der Waals surface area contributed by atoms with Crippen LogP contribution in [0.1, 0.15) is 444 Å². The maximum atomic E-state index is 12.6. The molecule has 0 spiro atoms. The molecule has 0 aliphatic rings. The molecule has 0 saturated carbocycles. The lowest BCUT2D eigenvalue weighted by molar-refractivity contribution is -0.143. The van der Waals surface area contributed by atoms with Gasteiger partial charge in [0, 0.05) is 12.8 Å². The number of carbonyl (C=O) groups is 2. The first kappa shape index (κ1) is 79.9. The van der Waals surface area contributed by atoms with Gasteiger partial charge in [0.1, 0.15) is 0 Å². The molecule has 0 aromatic heterocycles. The maximum Gasteiger partial charge on any atom is 0.305 e. The Morgan fingerprint density at radius 3 is 0.753 bits per heavy atom. The number of hydrogen-bond acceptors (Lipinski definition) is 5. The Bertz CT molecular complexity index is 1180. The zero-order chi connectivity index (χ0) is 58.5. The van der Waals surface area contributed by atoms with Crippen molar-refractivity contribution in [1.82, 2.24) is 5.32 Å². The van der Waals surface area contributed by atoms with Crippen molar-refractivity contribution in [1.29, 1.82) is 0 Å². The van der Waals surface area contributed by atoms with Crippen LogP contribution in [0.25, 0.3) is 0 Å². The first-order valence-electron chi connectivity index (χ1n) is 37.8. The zero-order valence-corrected chi connectivity index (χ0v) is 55.6. The number of unbranched alkanes of at least 4 members (excludes halogenated alkanes) is 61. The Labute approximate surface area is 508 Å². The number of ether oxygens (including phenoxy) is 1. The fourth-order valence-electron chi connectivity index (χ4n) is 12.4. The van der Waals surface area contributed by atoms with E-state index in [2.05, 4.69) is 19.2 Å². The van der Waals surface area contributed by atoms with E-state index < -0.39 is 12.1 Å². The van der Waals surface area contributed by atoms with E-state index in [-0.39, 0.29) is 18.5 Å². The highest BCUT2D eigenvalue weighted by atomic mass is 16.5. The van der Waals surface area contributed by atoms with E-state index >= 15 is 0 Å². The molecular weight excluding hydrogens is 995 g/mol. The van der Waals surface area contributed by atoms with E-state index in [0.717, 1.165) is 38.5 Å². The van der Waals surface area contributed by atoms with Gasteiger partial charge in [-0.05, 0) is 25.7 Å². The van der Waals surface area contributed by atoms with Crippen LogP contribution in [0.2, 0.25) is 0 Å². The molecule has 2 unspecified atom stereocenters. The number of aliphatic hydroxyl groups is 2. The number of aliphatic hydroxyl groups excluding tert-OH is 2. The zero-order valence-electron chi connectivity index (χ0n) is 55.6. The summed E-state index contributed by atoms with van der Waals surface area (Å²) < 4.78 is 5.50. The van der Waals surface area contributed by atoms with E-state index in [9.17, 15) is 19.8 Å². The SMILES string of the molecule is CCCCCCCCCCCCCCCCCCCCCCCCCC(O)C(CO)NC(=O)CCCCCCCCCCCCCCCCCCCCCCCCCCCCCOC(=O)CCCCCCCCCCCCCCCC. The summed E-state index contributed by atoms with van der Waals surface area (Å²) in [5.41, 5.74) is 0. The molecule has 0 heterocycles. The Morgan fingerprint density at radius 2 is 0.506 bits per heavy atom. The monoisotopic (exact) mass is 1140 g/mol. The molecule has 6 heteroatoms. The molecule has 0 radical (unpaired) electrons. The summed E-state index contributed by atoms with van der Waals surface area (Å²) in [7, 11) is 0. The van der Waals surface area contributed by atoms with Crippen LogP contribution in [0.5, 0.6) is 0 Å². The van der Waals surface area contributed by atoms with Gasteiger partial charge in [-0.2, -0.15) is 0 Å². The Balaban J connectivity index is 3.34. The van der Waals surface area contributed by atoms with Gasteiger partial charge in [0.2, 0.25) is 5.91 Å². The summed E-state index contributed by atoms with van der Waals surface area (Å²) in [5.74, 6) is -0.00412. The predicted octanol–water partition coefficient (Wildman–Crippen LogP) is 24.5. The number of amides is 1. The number of esters is 1. The Hall–Kier alpha value is -1.14. The summed E-state index contributed by atoms with van der Waals surface area (Å²) in [6.45, 7) is 5.01. The van der Waals surface area contributed by atoms with Crippen molar-refractivity contribution in [3.63, 3.8) is 0 Å². The van der Waals surface area contributed by atoms with Crippen LogP contribution in [0.15, 0.2) is 0 Å². The third-order valence-corrected chi connectivity index (χ3v) is 18.2. The van der Waals surface area contributed by atoms with E-state index in [4.69, 9.17) is 4.74 Å². The van der Waals surface area contributed by atoms with Crippen LogP contribution in [0.4, 0.5) is 0 Å². The van der Waals surface area contributed by atoms with Gasteiger partial charge < -0.3 is 20.3 Å². The van der Waals surface area contributed by atoms with E-state index in [1.54, 1.807) is 0 Å². The van der Waals surface area contributed by atoms with Crippen LogP contribution >= 0.6 is 0 Å². The minimum absolute atomic E-state index is 0.0219. The number of hydrogen-bond donors (Lipinski definition) is 3. The van der Waals surface area contributed by atoms with Crippen LogP contribution in [-0.2, 0) is 14.3 Å². The molecule has 1 amide bonds. The maximum absolute atomic E-state index is 12.6. The second-order valence-electron chi connectivity index (χ2n) is 26.4. The van der Waals surface area contributed by atoms with Crippen molar-refractivity contribution in [2.45, 2.75) is 456 Å². The van der Waals surface area contributed by atoms with Gasteiger partial charge in [0.25, 0.3) is 0 Å². The van der Waals surface area contributed by atoms with Crippen molar-refractivity contribution in [2.75, 3.05) is 13.2 Å². The van der Waals surface area contributed by atoms with E-state index in [0.29, 0.717) is 25.9 Å². The second-order valence-corrected chi connectivity index (χ2v) is 26.4. The second kappa shape index (κ2) is 71.3.